The fourth-order valence-electron chi connectivity index (χ4n) is 4.03. The molecule has 29 heavy (non-hydrogen) atoms. The lowest BCUT2D eigenvalue weighted by Gasteiger charge is -2.23. The predicted molar refractivity (Wildman–Crippen MR) is 132 cm³/mol. The van der Waals surface area contributed by atoms with Crippen LogP contribution in [0.3, 0.4) is 0 Å². The largest absolute Gasteiger partial charge is 0.495 e. The third-order valence-electron chi connectivity index (χ3n) is 5.71. The van der Waals surface area contributed by atoms with Gasteiger partial charge in [-0.3, -0.25) is 4.99 Å². The van der Waals surface area contributed by atoms with Crippen molar-refractivity contribution in [3.63, 3.8) is 0 Å². The number of benzene rings is 1. The van der Waals surface area contributed by atoms with E-state index < -0.39 is 0 Å². The van der Waals surface area contributed by atoms with Crippen molar-refractivity contribution in [2.75, 3.05) is 78.5 Å². The zero-order valence-corrected chi connectivity index (χ0v) is 20.4. The Labute approximate surface area is 192 Å². The highest BCUT2D eigenvalue weighted by atomic mass is 127. The number of nitrogens with one attached hydrogen (secondary N) is 2. The van der Waals surface area contributed by atoms with Crippen LogP contribution in [-0.2, 0) is 0 Å². The van der Waals surface area contributed by atoms with Gasteiger partial charge in [-0.15, -0.1) is 24.0 Å². The Morgan fingerprint density at radius 3 is 2.79 bits per heavy atom. The van der Waals surface area contributed by atoms with Crippen LogP contribution < -0.4 is 20.3 Å². The van der Waals surface area contributed by atoms with Gasteiger partial charge in [-0.05, 0) is 45.1 Å². The summed E-state index contributed by atoms with van der Waals surface area (Å²) in [5, 5.41) is 7.08. The summed E-state index contributed by atoms with van der Waals surface area (Å²) < 4.78 is 5.52. The molecule has 0 aromatic heterocycles. The Morgan fingerprint density at radius 2 is 2.00 bits per heavy atom. The Kier molecular flexibility index (Phi) is 10.3. The number of guanidine groups is 1. The van der Waals surface area contributed by atoms with Gasteiger partial charge in [0, 0.05) is 52.4 Å². The average molecular weight is 516 g/mol. The van der Waals surface area contributed by atoms with Crippen molar-refractivity contribution in [2.24, 2.45) is 4.99 Å². The summed E-state index contributed by atoms with van der Waals surface area (Å²) >= 11 is 0. The molecule has 1 unspecified atom stereocenters. The lowest BCUT2D eigenvalue weighted by atomic mass is 10.2. The molecule has 1 aromatic carbocycles. The van der Waals surface area contributed by atoms with Gasteiger partial charge in [0.15, 0.2) is 5.96 Å². The highest BCUT2D eigenvalue weighted by Gasteiger charge is 2.25. The second kappa shape index (κ2) is 12.4. The molecule has 0 saturated carbocycles. The van der Waals surface area contributed by atoms with E-state index in [9.17, 15) is 0 Å². The van der Waals surface area contributed by atoms with E-state index in [0.717, 1.165) is 57.4 Å². The number of hydrogen-bond donors (Lipinski definition) is 2. The van der Waals surface area contributed by atoms with E-state index in [-0.39, 0.29) is 24.0 Å². The average Bonchev–Trinajstić information content (AvgIpc) is 3.09. The van der Waals surface area contributed by atoms with Crippen molar-refractivity contribution in [3.8, 4) is 5.75 Å². The van der Waals surface area contributed by atoms with E-state index in [1.807, 2.05) is 19.2 Å². The van der Waals surface area contributed by atoms with Crippen LogP contribution in [0.4, 0.5) is 5.69 Å². The molecule has 1 aromatic rings. The SMILES string of the molecule is CN=C(NCCN1CCCN(C)CC1)NC1CCN(c2ccccc2OC)C1.I. The van der Waals surface area contributed by atoms with Crippen molar-refractivity contribution < 1.29 is 4.74 Å². The van der Waals surface area contributed by atoms with Gasteiger partial charge in [0.05, 0.1) is 12.8 Å². The number of anilines is 1. The van der Waals surface area contributed by atoms with Gasteiger partial charge in [0.2, 0.25) is 0 Å². The van der Waals surface area contributed by atoms with Gasteiger partial charge in [-0.2, -0.15) is 0 Å². The maximum Gasteiger partial charge on any atom is 0.191 e. The van der Waals surface area contributed by atoms with E-state index in [0.29, 0.717) is 6.04 Å². The normalized spacial score (nSPS) is 21.4. The van der Waals surface area contributed by atoms with Crippen LogP contribution in [0.5, 0.6) is 5.75 Å². The van der Waals surface area contributed by atoms with Crippen molar-refractivity contribution in [3.05, 3.63) is 24.3 Å². The lowest BCUT2D eigenvalue weighted by molar-refractivity contribution is 0.280. The minimum atomic E-state index is 0. The zero-order chi connectivity index (χ0) is 19.8. The van der Waals surface area contributed by atoms with Gasteiger partial charge >= 0.3 is 0 Å². The molecule has 2 heterocycles. The number of halogens is 1. The molecule has 2 aliphatic heterocycles. The molecular formula is C21H37IN6O. The van der Waals surface area contributed by atoms with E-state index in [2.05, 4.69) is 49.5 Å². The van der Waals surface area contributed by atoms with Crippen LogP contribution in [-0.4, -0.2) is 95.4 Å². The molecule has 2 saturated heterocycles. The summed E-state index contributed by atoms with van der Waals surface area (Å²) in [6.45, 7) is 8.68. The number of aliphatic imine (C=N–C) groups is 1. The van der Waals surface area contributed by atoms with Gasteiger partial charge < -0.3 is 30.1 Å². The number of ether oxygens (including phenoxy) is 1. The van der Waals surface area contributed by atoms with Crippen LogP contribution in [0, 0.1) is 0 Å². The van der Waals surface area contributed by atoms with E-state index in [4.69, 9.17) is 4.74 Å². The molecule has 1 atom stereocenters. The highest BCUT2D eigenvalue weighted by Crippen LogP contribution is 2.30. The van der Waals surface area contributed by atoms with Crippen LogP contribution in [0.2, 0.25) is 0 Å². The first-order valence-electron chi connectivity index (χ1n) is 10.5. The molecule has 3 rings (SSSR count). The third kappa shape index (κ3) is 7.18. The first-order chi connectivity index (χ1) is 13.7. The molecule has 0 bridgehead atoms. The summed E-state index contributed by atoms with van der Waals surface area (Å²) in [4.78, 5) is 11.8. The second-order valence-corrected chi connectivity index (χ2v) is 7.75. The highest BCUT2D eigenvalue weighted by molar-refractivity contribution is 14.0. The molecule has 0 radical (unpaired) electrons. The van der Waals surface area contributed by atoms with Crippen LogP contribution in [0.1, 0.15) is 12.8 Å². The minimum Gasteiger partial charge on any atom is -0.495 e. The standard InChI is InChI=1S/C21H36N6O.HI/c1-22-21(23-10-14-26-12-6-11-25(2)15-16-26)24-18-9-13-27(17-18)19-7-4-5-8-20(19)28-3;/h4-5,7-8,18H,6,9-17H2,1-3H3,(H2,22,23,24);1H. The second-order valence-electron chi connectivity index (χ2n) is 7.75. The molecule has 7 nitrogen and oxygen atoms in total. The quantitative estimate of drug-likeness (QED) is 0.341. The molecule has 8 heteroatoms. The third-order valence-corrected chi connectivity index (χ3v) is 5.71. The van der Waals surface area contributed by atoms with Gasteiger partial charge in [-0.1, -0.05) is 12.1 Å². The number of rotatable bonds is 6. The van der Waals surface area contributed by atoms with E-state index in [1.54, 1.807) is 7.11 Å². The van der Waals surface area contributed by atoms with Gasteiger partial charge in [-0.25, -0.2) is 0 Å². The minimum absolute atomic E-state index is 0. The number of hydrogen-bond acceptors (Lipinski definition) is 5. The maximum atomic E-state index is 5.52. The van der Waals surface area contributed by atoms with Crippen LogP contribution in [0.15, 0.2) is 29.3 Å². The number of likely N-dealkylation sites (N-methyl/N-ethyl adjacent to an activating group) is 1. The van der Waals surface area contributed by atoms with Gasteiger partial charge in [0.25, 0.3) is 0 Å². The van der Waals surface area contributed by atoms with E-state index >= 15 is 0 Å². The number of methoxy groups -OCH3 is 1. The molecule has 164 valence electrons. The molecule has 2 fully saturated rings. The Bertz CT molecular complexity index is 643. The summed E-state index contributed by atoms with van der Waals surface area (Å²) in [7, 11) is 5.80. The van der Waals surface area contributed by atoms with Crippen molar-refractivity contribution >= 4 is 35.6 Å². The lowest BCUT2D eigenvalue weighted by Crippen LogP contribution is -2.46. The Morgan fingerprint density at radius 1 is 1.17 bits per heavy atom. The van der Waals surface area contributed by atoms with E-state index in [1.165, 1.54) is 25.2 Å². The summed E-state index contributed by atoms with van der Waals surface area (Å²) in [5.74, 6) is 1.84. The Balaban J connectivity index is 0.00000300. The number of nitrogens with zero attached hydrogens (tertiary/aromatic N) is 4. The molecule has 0 aliphatic carbocycles. The predicted octanol–water partition coefficient (Wildman–Crippen LogP) is 1.69. The zero-order valence-electron chi connectivity index (χ0n) is 18.1. The maximum absolute atomic E-state index is 5.52. The summed E-state index contributed by atoms with van der Waals surface area (Å²) in [6, 6.07) is 8.63. The first-order valence-corrected chi connectivity index (χ1v) is 10.5. The van der Waals surface area contributed by atoms with Crippen molar-refractivity contribution in [2.45, 2.75) is 18.9 Å². The summed E-state index contributed by atoms with van der Waals surface area (Å²) in [5.41, 5.74) is 1.17. The smallest absolute Gasteiger partial charge is 0.191 e. The van der Waals surface area contributed by atoms with Crippen LogP contribution >= 0.6 is 24.0 Å². The fourth-order valence-corrected chi connectivity index (χ4v) is 4.03. The van der Waals surface area contributed by atoms with Crippen molar-refractivity contribution in [1.29, 1.82) is 0 Å². The molecule has 0 spiro atoms. The molecule has 0 amide bonds. The first kappa shape index (κ1) is 24.0. The topological polar surface area (TPSA) is 55.4 Å². The van der Waals surface area contributed by atoms with Crippen LogP contribution in [0.25, 0.3) is 0 Å². The Hall–Kier alpha value is -1.26. The van der Waals surface area contributed by atoms with Crippen molar-refractivity contribution in [1.82, 2.24) is 20.4 Å². The summed E-state index contributed by atoms with van der Waals surface area (Å²) in [6.07, 6.45) is 2.35. The number of para-hydroxylation sites is 2. The molecular weight excluding hydrogens is 479 g/mol. The van der Waals surface area contributed by atoms with Gasteiger partial charge in [0.1, 0.15) is 5.75 Å². The fraction of sp³-hybridized carbons (Fsp3) is 0.667. The monoisotopic (exact) mass is 516 g/mol. The molecule has 2 aliphatic rings. The molecule has 2 N–H and O–H groups in total.